The highest BCUT2D eigenvalue weighted by molar-refractivity contribution is 5.85. The van der Waals surface area contributed by atoms with Gasteiger partial charge in [-0.3, -0.25) is 0 Å². The van der Waals surface area contributed by atoms with Crippen LogP contribution in [0.1, 0.15) is 18.1 Å². The summed E-state index contributed by atoms with van der Waals surface area (Å²) in [5.74, 6) is -0.403. The highest BCUT2D eigenvalue weighted by Crippen LogP contribution is 2.34. The molecule has 0 unspecified atom stereocenters. The molecule has 0 aliphatic heterocycles. The third-order valence-corrected chi connectivity index (χ3v) is 3.23. The smallest absolute Gasteiger partial charge is 0.347 e. The van der Waals surface area contributed by atoms with Crippen LogP contribution in [-0.4, -0.2) is 19.7 Å². The van der Waals surface area contributed by atoms with Crippen LogP contribution < -0.4 is 0 Å². The van der Waals surface area contributed by atoms with Crippen LogP contribution in [0.2, 0.25) is 0 Å². The second-order valence-electron chi connectivity index (χ2n) is 4.34. The molecule has 3 heteroatoms. The van der Waals surface area contributed by atoms with E-state index in [0.29, 0.717) is 6.61 Å². The average Bonchev–Trinajstić information content (AvgIpc) is 2.51. The molecule has 104 valence electrons. The van der Waals surface area contributed by atoms with Crippen LogP contribution in [0.25, 0.3) is 0 Å². The average molecular weight is 270 g/mol. The first kappa shape index (κ1) is 14.3. The maximum absolute atomic E-state index is 12.5. The van der Waals surface area contributed by atoms with Gasteiger partial charge in [0.2, 0.25) is 5.60 Å². The zero-order valence-electron chi connectivity index (χ0n) is 11.7. The van der Waals surface area contributed by atoms with Crippen molar-refractivity contribution in [3.63, 3.8) is 0 Å². The number of methoxy groups -OCH3 is 1. The molecule has 0 radical (unpaired) electrons. The molecule has 0 aliphatic carbocycles. The van der Waals surface area contributed by atoms with Gasteiger partial charge >= 0.3 is 5.97 Å². The Kier molecular flexibility index (Phi) is 4.53. The summed E-state index contributed by atoms with van der Waals surface area (Å²) in [7, 11) is 1.52. The van der Waals surface area contributed by atoms with Gasteiger partial charge in [-0.1, -0.05) is 60.7 Å². The van der Waals surface area contributed by atoms with Gasteiger partial charge in [0.1, 0.15) is 0 Å². The zero-order chi connectivity index (χ0) is 14.4. The Morgan fingerprint density at radius 1 is 0.950 bits per heavy atom. The Hall–Kier alpha value is -2.13. The molecule has 0 saturated heterocycles. The predicted octanol–water partition coefficient (Wildman–Crippen LogP) is 3.14. The summed E-state index contributed by atoms with van der Waals surface area (Å²) in [6, 6.07) is 18.8. The second kappa shape index (κ2) is 6.35. The van der Waals surface area contributed by atoms with Gasteiger partial charge in [-0.25, -0.2) is 4.79 Å². The fourth-order valence-electron chi connectivity index (χ4n) is 2.30. The Morgan fingerprint density at radius 3 is 1.75 bits per heavy atom. The van der Waals surface area contributed by atoms with E-state index in [-0.39, 0.29) is 0 Å². The number of rotatable bonds is 5. The maximum atomic E-state index is 12.5. The van der Waals surface area contributed by atoms with E-state index in [9.17, 15) is 4.79 Å². The van der Waals surface area contributed by atoms with Gasteiger partial charge in [0.25, 0.3) is 0 Å². The monoisotopic (exact) mass is 270 g/mol. The first-order valence-corrected chi connectivity index (χ1v) is 6.59. The summed E-state index contributed by atoms with van der Waals surface area (Å²) in [5, 5.41) is 0. The van der Waals surface area contributed by atoms with Crippen LogP contribution in [0.15, 0.2) is 60.7 Å². The van der Waals surface area contributed by atoms with Gasteiger partial charge < -0.3 is 9.47 Å². The molecule has 0 fully saturated rings. The summed E-state index contributed by atoms with van der Waals surface area (Å²) < 4.78 is 10.9. The molecule has 2 rings (SSSR count). The molecule has 0 heterocycles. The fraction of sp³-hybridized carbons (Fsp3) is 0.235. The predicted molar refractivity (Wildman–Crippen MR) is 77.3 cm³/mol. The van der Waals surface area contributed by atoms with Gasteiger partial charge in [-0.05, 0) is 18.1 Å². The maximum Gasteiger partial charge on any atom is 0.347 e. The molecule has 0 spiro atoms. The number of hydrogen-bond acceptors (Lipinski definition) is 3. The van der Waals surface area contributed by atoms with Crippen molar-refractivity contribution >= 4 is 5.97 Å². The number of ether oxygens (including phenoxy) is 2. The van der Waals surface area contributed by atoms with Crippen LogP contribution >= 0.6 is 0 Å². The van der Waals surface area contributed by atoms with E-state index in [0.717, 1.165) is 11.1 Å². The Labute approximate surface area is 119 Å². The SMILES string of the molecule is CCOC(=O)C(OC)(c1ccccc1)c1ccccc1. The quantitative estimate of drug-likeness (QED) is 0.783. The Morgan fingerprint density at radius 2 is 1.40 bits per heavy atom. The molecule has 0 bridgehead atoms. The minimum absolute atomic E-state index is 0.309. The van der Waals surface area contributed by atoms with Crippen molar-refractivity contribution in [3.8, 4) is 0 Å². The summed E-state index contributed by atoms with van der Waals surface area (Å²) in [6.45, 7) is 2.10. The molecule has 20 heavy (non-hydrogen) atoms. The van der Waals surface area contributed by atoms with E-state index < -0.39 is 11.6 Å². The second-order valence-corrected chi connectivity index (χ2v) is 4.34. The van der Waals surface area contributed by atoms with Gasteiger partial charge in [0.05, 0.1) is 6.61 Å². The molecule has 0 N–H and O–H groups in total. The number of benzene rings is 2. The normalized spacial score (nSPS) is 11.1. The van der Waals surface area contributed by atoms with Crippen LogP contribution in [0, 0.1) is 0 Å². The van der Waals surface area contributed by atoms with Gasteiger partial charge in [-0.2, -0.15) is 0 Å². The minimum atomic E-state index is -1.22. The minimum Gasteiger partial charge on any atom is -0.463 e. The molecule has 0 saturated carbocycles. The molecular weight excluding hydrogens is 252 g/mol. The summed E-state index contributed by atoms with van der Waals surface area (Å²) in [6.07, 6.45) is 0. The zero-order valence-corrected chi connectivity index (χ0v) is 11.7. The lowest BCUT2D eigenvalue weighted by atomic mass is 9.86. The van der Waals surface area contributed by atoms with E-state index in [1.165, 1.54) is 7.11 Å². The van der Waals surface area contributed by atoms with E-state index in [1.54, 1.807) is 6.92 Å². The summed E-state index contributed by atoms with van der Waals surface area (Å²) in [5.41, 5.74) is 0.290. The number of hydrogen-bond donors (Lipinski definition) is 0. The van der Waals surface area contributed by atoms with Crippen molar-refractivity contribution in [2.75, 3.05) is 13.7 Å². The lowest BCUT2D eigenvalue weighted by Gasteiger charge is -2.31. The number of esters is 1. The topological polar surface area (TPSA) is 35.5 Å². The first-order valence-electron chi connectivity index (χ1n) is 6.59. The largest absolute Gasteiger partial charge is 0.463 e. The van der Waals surface area contributed by atoms with Crippen molar-refractivity contribution in [1.82, 2.24) is 0 Å². The van der Waals surface area contributed by atoms with Crippen molar-refractivity contribution < 1.29 is 14.3 Å². The van der Waals surface area contributed by atoms with Gasteiger partial charge in [-0.15, -0.1) is 0 Å². The molecule has 0 atom stereocenters. The van der Waals surface area contributed by atoms with Crippen LogP contribution in [0.4, 0.5) is 0 Å². The lowest BCUT2D eigenvalue weighted by molar-refractivity contribution is -0.164. The summed E-state index contributed by atoms with van der Waals surface area (Å²) in [4.78, 5) is 12.5. The third-order valence-electron chi connectivity index (χ3n) is 3.23. The molecule has 2 aromatic rings. The van der Waals surface area contributed by atoms with Gasteiger partial charge in [0, 0.05) is 7.11 Å². The van der Waals surface area contributed by atoms with Crippen LogP contribution in [0.3, 0.4) is 0 Å². The van der Waals surface area contributed by atoms with Crippen molar-refractivity contribution in [1.29, 1.82) is 0 Å². The van der Waals surface area contributed by atoms with Gasteiger partial charge in [0.15, 0.2) is 0 Å². The number of carbonyl (C=O) groups excluding carboxylic acids is 1. The molecule has 0 aliphatic rings. The lowest BCUT2D eigenvalue weighted by Crippen LogP contribution is -2.40. The van der Waals surface area contributed by atoms with E-state index in [2.05, 4.69) is 0 Å². The first-order chi connectivity index (χ1) is 9.75. The standard InChI is InChI=1S/C17H18O3/c1-3-20-16(18)17(19-2,14-10-6-4-7-11-14)15-12-8-5-9-13-15/h4-13H,3H2,1-2H3. The molecular formula is C17H18O3. The Bertz CT molecular complexity index is 509. The van der Waals surface area contributed by atoms with Crippen molar-refractivity contribution in [2.45, 2.75) is 12.5 Å². The van der Waals surface area contributed by atoms with Crippen LogP contribution in [-0.2, 0) is 19.9 Å². The molecule has 2 aromatic carbocycles. The fourth-order valence-corrected chi connectivity index (χ4v) is 2.30. The third kappa shape index (κ3) is 2.45. The molecule has 0 amide bonds. The van der Waals surface area contributed by atoms with E-state index in [1.807, 2.05) is 60.7 Å². The highest BCUT2D eigenvalue weighted by atomic mass is 16.6. The number of carbonyl (C=O) groups is 1. The van der Waals surface area contributed by atoms with Crippen molar-refractivity contribution in [2.24, 2.45) is 0 Å². The molecule has 0 aromatic heterocycles. The van der Waals surface area contributed by atoms with Crippen LogP contribution in [0.5, 0.6) is 0 Å². The van der Waals surface area contributed by atoms with E-state index >= 15 is 0 Å². The van der Waals surface area contributed by atoms with Crippen molar-refractivity contribution in [3.05, 3.63) is 71.8 Å². The van der Waals surface area contributed by atoms with E-state index in [4.69, 9.17) is 9.47 Å². The summed E-state index contributed by atoms with van der Waals surface area (Å²) >= 11 is 0. The molecule has 3 nitrogen and oxygen atoms in total. The Balaban J connectivity index is 2.61. The highest BCUT2D eigenvalue weighted by Gasteiger charge is 2.43.